The van der Waals surface area contributed by atoms with E-state index in [1.807, 2.05) is 0 Å². The van der Waals surface area contributed by atoms with Crippen molar-refractivity contribution in [1.29, 1.82) is 0 Å². The van der Waals surface area contributed by atoms with Crippen molar-refractivity contribution in [3.8, 4) is 0 Å². The molecule has 0 amide bonds. The zero-order valence-electron chi connectivity index (χ0n) is 10.3. The van der Waals surface area contributed by atoms with E-state index < -0.39 is 17.6 Å². The van der Waals surface area contributed by atoms with Gasteiger partial charge in [-0.05, 0) is 25.0 Å². The highest BCUT2D eigenvalue weighted by Crippen LogP contribution is 2.21. The van der Waals surface area contributed by atoms with Crippen LogP contribution in [0.2, 0.25) is 0 Å². The first-order chi connectivity index (χ1) is 8.47. The fourth-order valence-electron chi connectivity index (χ4n) is 1.48. The van der Waals surface area contributed by atoms with Gasteiger partial charge in [-0.15, -0.1) is 0 Å². The molecule has 0 radical (unpaired) electrons. The summed E-state index contributed by atoms with van der Waals surface area (Å²) in [6.45, 7) is 3.30. The molecule has 18 heavy (non-hydrogen) atoms. The number of carboxylic acids is 1. The summed E-state index contributed by atoms with van der Waals surface area (Å²) in [5.74, 6) is -2.37. The molecular formula is C13H15F2NO2. The Bertz CT molecular complexity index is 484. The second kappa shape index (κ2) is 6.14. The monoisotopic (exact) mass is 255 g/mol. The molecule has 1 aromatic carbocycles. The number of hydrogen-bond acceptors (Lipinski definition) is 2. The van der Waals surface area contributed by atoms with E-state index >= 15 is 0 Å². The van der Waals surface area contributed by atoms with Gasteiger partial charge in [0.15, 0.2) is 5.82 Å². The molecule has 0 aliphatic carbocycles. The topological polar surface area (TPSA) is 49.3 Å². The van der Waals surface area contributed by atoms with E-state index in [1.54, 1.807) is 6.92 Å². The zero-order valence-corrected chi connectivity index (χ0v) is 10.3. The predicted molar refractivity (Wildman–Crippen MR) is 65.6 cm³/mol. The lowest BCUT2D eigenvalue weighted by Crippen LogP contribution is -2.07. The largest absolute Gasteiger partial charge is 0.478 e. The summed E-state index contributed by atoms with van der Waals surface area (Å²) in [6, 6.07) is 2.52. The quantitative estimate of drug-likeness (QED) is 0.795. The number of aryl methyl sites for hydroxylation is 1. The maximum Gasteiger partial charge on any atom is 0.331 e. The standard InChI is InChI=1S/C13H15F2NO2/c1-3-9(13(17)18)6-7-16-12-10(14)5-4-8(2)11(12)15/h4-6,16H,3,7H2,1-2H3,(H,17,18)/b9-6-. The molecule has 0 aliphatic rings. The minimum atomic E-state index is -1.02. The predicted octanol–water partition coefficient (Wildman–Crippen LogP) is 3.11. The van der Waals surface area contributed by atoms with E-state index in [2.05, 4.69) is 5.32 Å². The van der Waals surface area contributed by atoms with Gasteiger partial charge in [-0.3, -0.25) is 0 Å². The maximum atomic E-state index is 13.6. The Morgan fingerprint density at radius 1 is 1.44 bits per heavy atom. The van der Waals surface area contributed by atoms with Gasteiger partial charge in [-0.1, -0.05) is 19.1 Å². The SMILES string of the molecule is CC/C(=C/CNc1c(F)ccc(C)c1F)C(=O)O. The smallest absolute Gasteiger partial charge is 0.331 e. The lowest BCUT2D eigenvalue weighted by molar-refractivity contribution is -0.132. The third kappa shape index (κ3) is 3.29. The van der Waals surface area contributed by atoms with Gasteiger partial charge in [-0.2, -0.15) is 0 Å². The van der Waals surface area contributed by atoms with E-state index in [0.29, 0.717) is 12.0 Å². The van der Waals surface area contributed by atoms with Crippen molar-refractivity contribution >= 4 is 11.7 Å². The average molecular weight is 255 g/mol. The number of rotatable bonds is 5. The molecule has 0 aliphatic heterocycles. The summed E-state index contributed by atoms with van der Waals surface area (Å²) >= 11 is 0. The molecule has 0 heterocycles. The molecule has 1 rings (SSSR count). The fraction of sp³-hybridized carbons (Fsp3) is 0.308. The van der Waals surface area contributed by atoms with Crippen molar-refractivity contribution in [1.82, 2.24) is 0 Å². The van der Waals surface area contributed by atoms with Crippen LogP contribution in [0.5, 0.6) is 0 Å². The normalized spacial score (nSPS) is 11.4. The first-order valence-corrected chi connectivity index (χ1v) is 5.58. The lowest BCUT2D eigenvalue weighted by atomic mass is 10.2. The molecular weight excluding hydrogens is 240 g/mol. The Kier molecular flexibility index (Phi) is 4.83. The number of anilines is 1. The molecule has 0 bridgehead atoms. The average Bonchev–Trinajstić information content (AvgIpc) is 2.33. The number of aliphatic carboxylic acids is 1. The van der Waals surface area contributed by atoms with E-state index in [-0.39, 0.29) is 17.8 Å². The summed E-state index contributed by atoms with van der Waals surface area (Å²) in [5.41, 5.74) is 0.305. The van der Waals surface area contributed by atoms with Gasteiger partial charge in [0.2, 0.25) is 0 Å². The highest BCUT2D eigenvalue weighted by atomic mass is 19.1. The van der Waals surface area contributed by atoms with E-state index in [0.717, 1.165) is 0 Å². The second-order valence-electron chi connectivity index (χ2n) is 3.82. The summed E-state index contributed by atoms with van der Waals surface area (Å²) in [6.07, 6.45) is 1.76. The number of carboxylic acid groups (broad SMARTS) is 1. The third-order valence-corrected chi connectivity index (χ3v) is 2.57. The van der Waals surface area contributed by atoms with E-state index in [4.69, 9.17) is 5.11 Å². The third-order valence-electron chi connectivity index (χ3n) is 2.57. The van der Waals surface area contributed by atoms with E-state index in [1.165, 1.54) is 25.1 Å². The Hall–Kier alpha value is -1.91. The van der Waals surface area contributed by atoms with E-state index in [9.17, 15) is 13.6 Å². The minimum Gasteiger partial charge on any atom is -0.478 e. The van der Waals surface area contributed by atoms with Gasteiger partial charge in [0.1, 0.15) is 11.5 Å². The summed E-state index contributed by atoms with van der Waals surface area (Å²) < 4.78 is 26.9. The summed E-state index contributed by atoms with van der Waals surface area (Å²) in [5, 5.41) is 11.3. The Morgan fingerprint density at radius 3 is 2.67 bits per heavy atom. The zero-order chi connectivity index (χ0) is 13.7. The molecule has 0 saturated heterocycles. The number of halogens is 2. The minimum absolute atomic E-state index is 0.0623. The highest BCUT2D eigenvalue weighted by molar-refractivity contribution is 5.86. The number of hydrogen-bond donors (Lipinski definition) is 2. The Labute approximate surface area is 104 Å². The number of nitrogens with one attached hydrogen (secondary N) is 1. The van der Waals surface area contributed by atoms with Gasteiger partial charge >= 0.3 is 5.97 Å². The molecule has 98 valence electrons. The Morgan fingerprint density at radius 2 is 2.11 bits per heavy atom. The van der Waals surface area contributed by atoms with Gasteiger partial charge in [0, 0.05) is 12.1 Å². The van der Waals surface area contributed by atoms with Crippen LogP contribution in [0.25, 0.3) is 0 Å². The van der Waals surface area contributed by atoms with Crippen molar-refractivity contribution < 1.29 is 18.7 Å². The molecule has 0 spiro atoms. The number of benzene rings is 1. The van der Waals surface area contributed by atoms with Gasteiger partial charge in [0.05, 0.1) is 0 Å². The molecule has 0 fully saturated rings. The fourth-order valence-corrected chi connectivity index (χ4v) is 1.48. The van der Waals surface area contributed by atoms with Crippen molar-refractivity contribution in [2.75, 3.05) is 11.9 Å². The second-order valence-corrected chi connectivity index (χ2v) is 3.82. The van der Waals surface area contributed by atoms with Crippen molar-refractivity contribution in [3.05, 3.63) is 41.0 Å². The molecule has 3 nitrogen and oxygen atoms in total. The van der Waals surface area contributed by atoms with Gasteiger partial charge in [0.25, 0.3) is 0 Å². The van der Waals surface area contributed by atoms with Crippen molar-refractivity contribution in [2.24, 2.45) is 0 Å². The van der Waals surface area contributed by atoms with Crippen LogP contribution in [0.15, 0.2) is 23.8 Å². The molecule has 0 unspecified atom stereocenters. The van der Waals surface area contributed by atoms with Crippen LogP contribution in [0, 0.1) is 18.6 Å². The molecule has 0 aromatic heterocycles. The summed E-state index contributed by atoms with van der Waals surface area (Å²) in [7, 11) is 0. The van der Waals surface area contributed by atoms with Crippen LogP contribution in [0.3, 0.4) is 0 Å². The Balaban J connectivity index is 2.81. The van der Waals surface area contributed by atoms with Gasteiger partial charge < -0.3 is 10.4 Å². The molecule has 5 heteroatoms. The van der Waals surface area contributed by atoms with Crippen molar-refractivity contribution in [2.45, 2.75) is 20.3 Å². The molecule has 2 N–H and O–H groups in total. The summed E-state index contributed by atoms with van der Waals surface area (Å²) in [4.78, 5) is 10.7. The van der Waals surface area contributed by atoms with Crippen LogP contribution in [-0.4, -0.2) is 17.6 Å². The highest BCUT2D eigenvalue weighted by Gasteiger charge is 2.10. The van der Waals surface area contributed by atoms with Crippen LogP contribution in [0.4, 0.5) is 14.5 Å². The maximum absolute atomic E-state index is 13.6. The first-order valence-electron chi connectivity index (χ1n) is 5.58. The van der Waals surface area contributed by atoms with Crippen molar-refractivity contribution in [3.63, 3.8) is 0 Å². The first kappa shape index (κ1) is 14.2. The van der Waals surface area contributed by atoms with Gasteiger partial charge in [-0.25, -0.2) is 13.6 Å². The van der Waals surface area contributed by atoms with Crippen LogP contribution in [-0.2, 0) is 4.79 Å². The molecule has 1 aromatic rings. The molecule has 0 saturated carbocycles. The van der Waals surface area contributed by atoms with Crippen LogP contribution >= 0.6 is 0 Å². The lowest BCUT2D eigenvalue weighted by Gasteiger charge is -2.08. The number of carbonyl (C=O) groups is 1. The molecule has 0 atom stereocenters. The van der Waals surface area contributed by atoms with Crippen LogP contribution in [0.1, 0.15) is 18.9 Å². The van der Waals surface area contributed by atoms with Crippen LogP contribution < -0.4 is 5.32 Å².